The van der Waals surface area contributed by atoms with Crippen LogP contribution < -0.4 is 10.2 Å². The van der Waals surface area contributed by atoms with Gasteiger partial charge in [0.2, 0.25) is 5.91 Å². The van der Waals surface area contributed by atoms with E-state index in [1.54, 1.807) is 0 Å². The molecule has 9 heteroatoms. The van der Waals surface area contributed by atoms with Gasteiger partial charge in [0.15, 0.2) is 0 Å². The second-order valence-corrected chi connectivity index (χ2v) is 19.2. The largest absolute Gasteiger partial charge is 0.756 e. The van der Waals surface area contributed by atoms with Crippen molar-refractivity contribution >= 4 is 13.7 Å². The van der Waals surface area contributed by atoms with Crippen LogP contribution in [0.25, 0.3) is 0 Å². The number of nitrogens with one attached hydrogen (secondary N) is 1. The van der Waals surface area contributed by atoms with Crippen molar-refractivity contribution in [2.24, 2.45) is 0 Å². The minimum Gasteiger partial charge on any atom is -0.756 e. The Balaban J connectivity index is 4.28. The number of likely N-dealkylation sites (N-methyl/N-ethyl adjacent to an activating group) is 1. The summed E-state index contributed by atoms with van der Waals surface area (Å²) >= 11 is 0. The van der Waals surface area contributed by atoms with Crippen molar-refractivity contribution in [3.8, 4) is 0 Å². The fourth-order valence-corrected chi connectivity index (χ4v) is 7.90. The zero-order chi connectivity index (χ0) is 41.4. The second-order valence-electron chi connectivity index (χ2n) is 17.8. The van der Waals surface area contributed by atoms with Gasteiger partial charge < -0.3 is 28.8 Å². The first-order chi connectivity index (χ1) is 27.0. The van der Waals surface area contributed by atoms with Crippen LogP contribution in [0.1, 0.15) is 232 Å². The van der Waals surface area contributed by atoms with E-state index in [-0.39, 0.29) is 25.5 Å². The van der Waals surface area contributed by atoms with E-state index in [0.717, 1.165) is 25.7 Å². The van der Waals surface area contributed by atoms with Gasteiger partial charge >= 0.3 is 0 Å². The lowest BCUT2D eigenvalue weighted by Crippen LogP contribution is -2.46. The number of allylic oxidation sites excluding steroid dienone is 2. The van der Waals surface area contributed by atoms with E-state index in [9.17, 15) is 19.4 Å². The van der Waals surface area contributed by atoms with Crippen molar-refractivity contribution in [3.05, 3.63) is 12.2 Å². The number of aliphatic hydroxyl groups excluding tert-OH is 1. The Labute approximate surface area is 348 Å². The quantitative estimate of drug-likeness (QED) is 0.0274. The first-order valence-corrected chi connectivity index (χ1v) is 25.5. The van der Waals surface area contributed by atoms with Crippen LogP contribution in [0, 0.1) is 0 Å². The average Bonchev–Trinajstić information content (AvgIpc) is 3.15. The summed E-state index contributed by atoms with van der Waals surface area (Å²) < 4.78 is 23.3. The van der Waals surface area contributed by atoms with Gasteiger partial charge in [-0.3, -0.25) is 9.36 Å². The molecule has 0 spiro atoms. The molecular weight excluding hydrogens is 719 g/mol. The predicted octanol–water partition coefficient (Wildman–Crippen LogP) is 12.9. The van der Waals surface area contributed by atoms with Gasteiger partial charge in [-0.1, -0.05) is 212 Å². The number of carbonyl (C=O) groups excluding carboxylic acids is 1. The molecule has 0 rings (SSSR count). The zero-order valence-electron chi connectivity index (χ0n) is 37.9. The SMILES string of the molecule is CCCCCCCCCCCCCCCCCCC/C=C\CCC(=O)N[C@H](COP(=O)([O-])OCC[N+](C)(C)C)[C@@H](O)CCCCCCCCCCCCCCC. The van der Waals surface area contributed by atoms with Crippen LogP contribution in [-0.2, 0) is 18.4 Å². The average molecular weight is 815 g/mol. The van der Waals surface area contributed by atoms with E-state index in [1.807, 2.05) is 21.1 Å². The molecule has 0 aliphatic carbocycles. The first kappa shape index (κ1) is 55.2. The molecule has 0 heterocycles. The third kappa shape index (κ3) is 41.4. The molecule has 0 bridgehead atoms. The van der Waals surface area contributed by atoms with Crippen LogP contribution in [0.15, 0.2) is 12.2 Å². The van der Waals surface area contributed by atoms with Crippen molar-refractivity contribution in [3.63, 3.8) is 0 Å². The Morgan fingerprint density at radius 3 is 1.39 bits per heavy atom. The van der Waals surface area contributed by atoms with Gasteiger partial charge in [0, 0.05) is 6.42 Å². The first-order valence-electron chi connectivity index (χ1n) is 24.0. The molecular formula is C47H95N2O6P. The summed E-state index contributed by atoms with van der Waals surface area (Å²) in [5.74, 6) is -0.211. The van der Waals surface area contributed by atoms with E-state index in [0.29, 0.717) is 23.9 Å². The smallest absolute Gasteiger partial charge is 0.268 e. The number of amides is 1. The van der Waals surface area contributed by atoms with Crippen LogP contribution in [0.4, 0.5) is 0 Å². The number of carbonyl (C=O) groups is 1. The molecule has 1 unspecified atom stereocenters. The van der Waals surface area contributed by atoms with Gasteiger partial charge in [-0.05, 0) is 25.7 Å². The molecule has 0 aromatic rings. The number of rotatable bonds is 44. The standard InChI is InChI=1S/C47H95N2O6P/c1-6-8-10-12-14-16-18-20-21-22-23-24-25-26-27-29-31-33-35-37-39-41-47(51)48-45(44-55-56(52,53)54-43-42-49(3,4)5)46(50)40-38-36-34-32-30-28-19-17-15-13-11-9-7-2/h35,37,45-46,50H,6-34,36,38-44H2,1-5H3,(H-,48,51,52,53)/b37-35-/t45-,46+/m1/s1. The van der Waals surface area contributed by atoms with E-state index >= 15 is 0 Å². The van der Waals surface area contributed by atoms with Gasteiger partial charge in [-0.15, -0.1) is 0 Å². The molecule has 56 heavy (non-hydrogen) atoms. The molecule has 0 aromatic carbocycles. The van der Waals surface area contributed by atoms with Crippen molar-refractivity contribution < 1.29 is 32.9 Å². The van der Waals surface area contributed by atoms with Crippen molar-refractivity contribution in [1.29, 1.82) is 0 Å². The van der Waals surface area contributed by atoms with Crippen molar-refractivity contribution in [2.45, 2.75) is 244 Å². The van der Waals surface area contributed by atoms with Crippen LogP contribution in [0.2, 0.25) is 0 Å². The molecule has 8 nitrogen and oxygen atoms in total. The summed E-state index contributed by atoms with van der Waals surface area (Å²) in [4.78, 5) is 25.3. The maximum Gasteiger partial charge on any atom is 0.268 e. The van der Waals surface area contributed by atoms with Gasteiger partial charge in [0.05, 0.1) is 39.9 Å². The summed E-state index contributed by atoms with van der Waals surface area (Å²) in [5.41, 5.74) is 0. The van der Waals surface area contributed by atoms with Crippen molar-refractivity contribution in [2.75, 3.05) is 40.9 Å². The monoisotopic (exact) mass is 815 g/mol. The maximum atomic E-state index is 12.9. The van der Waals surface area contributed by atoms with Gasteiger partial charge in [-0.25, -0.2) is 0 Å². The number of phosphoric ester groups is 1. The fraction of sp³-hybridized carbons (Fsp3) is 0.936. The lowest BCUT2D eigenvalue weighted by Gasteiger charge is -2.30. The maximum absolute atomic E-state index is 12.9. The zero-order valence-corrected chi connectivity index (χ0v) is 38.7. The highest BCUT2D eigenvalue weighted by atomic mass is 31.2. The Bertz CT molecular complexity index is 927. The number of aliphatic hydroxyl groups is 1. The highest BCUT2D eigenvalue weighted by Crippen LogP contribution is 2.38. The number of nitrogens with zero attached hydrogens (tertiary/aromatic N) is 1. The lowest BCUT2D eigenvalue weighted by atomic mass is 10.0. The summed E-state index contributed by atoms with van der Waals surface area (Å²) in [5, 5.41) is 13.9. The third-order valence-electron chi connectivity index (χ3n) is 11.0. The molecule has 0 radical (unpaired) electrons. The number of unbranched alkanes of at least 4 members (excludes halogenated alkanes) is 29. The minimum atomic E-state index is -4.57. The molecule has 0 aliphatic heterocycles. The van der Waals surface area contributed by atoms with Gasteiger partial charge in [-0.2, -0.15) is 0 Å². The second kappa shape index (κ2) is 39.7. The van der Waals surface area contributed by atoms with Crippen LogP contribution >= 0.6 is 7.82 Å². The molecule has 334 valence electrons. The normalized spacial score (nSPS) is 14.3. The highest BCUT2D eigenvalue weighted by molar-refractivity contribution is 7.45. The predicted molar refractivity (Wildman–Crippen MR) is 238 cm³/mol. The number of hydrogen-bond donors (Lipinski definition) is 2. The summed E-state index contributed by atoms with van der Waals surface area (Å²) in [6, 6.07) is -0.817. The Morgan fingerprint density at radius 2 is 0.982 bits per heavy atom. The van der Waals surface area contributed by atoms with E-state index in [2.05, 4.69) is 31.3 Å². The van der Waals surface area contributed by atoms with Crippen LogP contribution in [0.5, 0.6) is 0 Å². The Kier molecular flexibility index (Phi) is 39.1. The molecule has 0 saturated carbocycles. The number of quaternary nitrogens is 1. The molecule has 1 amide bonds. The molecule has 0 saturated heterocycles. The van der Waals surface area contributed by atoms with Crippen LogP contribution in [-0.4, -0.2) is 68.5 Å². The minimum absolute atomic E-state index is 0.00856. The van der Waals surface area contributed by atoms with Gasteiger partial charge in [0.25, 0.3) is 7.82 Å². The van der Waals surface area contributed by atoms with Gasteiger partial charge in [0.1, 0.15) is 13.2 Å². The number of hydrogen-bond acceptors (Lipinski definition) is 6. The fourth-order valence-electron chi connectivity index (χ4n) is 7.17. The molecule has 2 N–H and O–H groups in total. The third-order valence-corrected chi connectivity index (χ3v) is 12.0. The van der Waals surface area contributed by atoms with Crippen molar-refractivity contribution in [1.82, 2.24) is 5.32 Å². The Hall–Kier alpha value is -0.760. The summed E-state index contributed by atoms with van der Waals surface area (Å²) in [6.07, 6.45) is 45.2. The van der Waals surface area contributed by atoms with Crippen LogP contribution in [0.3, 0.4) is 0 Å². The van der Waals surface area contributed by atoms with E-state index in [4.69, 9.17) is 9.05 Å². The Morgan fingerprint density at radius 1 is 0.607 bits per heavy atom. The molecule has 0 aromatic heterocycles. The lowest BCUT2D eigenvalue weighted by molar-refractivity contribution is -0.870. The number of phosphoric acid groups is 1. The van der Waals surface area contributed by atoms with E-state index in [1.165, 1.54) is 173 Å². The highest BCUT2D eigenvalue weighted by Gasteiger charge is 2.24. The summed E-state index contributed by atoms with van der Waals surface area (Å²) in [6.45, 7) is 4.71. The summed E-state index contributed by atoms with van der Waals surface area (Å²) in [7, 11) is 1.29. The molecule has 3 atom stereocenters. The topological polar surface area (TPSA) is 108 Å². The van der Waals surface area contributed by atoms with E-state index < -0.39 is 20.0 Å². The molecule has 0 aliphatic rings. The molecule has 0 fully saturated rings.